The molecule has 2 aliphatic rings. The van der Waals surface area contributed by atoms with Gasteiger partial charge in [0.15, 0.2) is 0 Å². The summed E-state index contributed by atoms with van der Waals surface area (Å²) in [6.07, 6.45) is 1.18. The summed E-state index contributed by atoms with van der Waals surface area (Å²) in [7, 11) is 0. The van der Waals surface area contributed by atoms with Gasteiger partial charge in [0.1, 0.15) is 24.1 Å². The van der Waals surface area contributed by atoms with E-state index >= 15 is 8.78 Å². The standard InChI is InChI=1S/C29H34F5N3O2/c1-3-4-8-36-12-18(13-36)28(39)17-10-21(31)25(22(32)11-17)27-26-19(24-20(30)6-5-7-23(24)35-26)9-16(2)37(27)14-29(33,34)15-38/h5-7,10-11,16,18,27-28,35,38-39H,3-4,8-9,12-15H2,1-2H3/t16-,27-,28+/m1/s1. The average molecular weight is 552 g/mol. The summed E-state index contributed by atoms with van der Waals surface area (Å²) in [5.41, 5.74) is 0.747. The van der Waals surface area contributed by atoms with Gasteiger partial charge < -0.3 is 20.1 Å². The minimum absolute atomic E-state index is 0.0907. The van der Waals surface area contributed by atoms with Crippen molar-refractivity contribution in [3.05, 3.63) is 70.2 Å². The summed E-state index contributed by atoms with van der Waals surface area (Å²) in [5.74, 6) is -6.17. The number of likely N-dealkylation sites (tertiary alicyclic amines) is 1. The maximum Gasteiger partial charge on any atom is 0.283 e. The zero-order valence-corrected chi connectivity index (χ0v) is 22.0. The number of alkyl halides is 2. The van der Waals surface area contributed by atoms with Crippen molar-refractivity contribution in [2.75, 3.05) is 32.8 Å². The quantitative estimate of drug-likeness (QED) is 0.316. The molecule has 10 heteroatoms. The molecule has 212 valence electrons. The molecular weight excluding hydrogens is 517 g/mol. The molecular formula is C29H34F5N3O2. The van der Waals surface area contributed by atoms with Crippen molar-refractivity contribution in [2.45, 2.75) is 57.2 Å². The number of hydrogen-bond acceptors (Lipinski definition) is 4. The second kappa shape index (κ2) is 10.8. The number of benzene rings is 2. The maximum absolute atomic E-state index is 15.8. The van der Waals surface area contributed by atoms with Gasteiger partial charge in [-0.15, -0.1) is 0 Å². The van der Waals surface area contributed by atoms with Crippen LogP contribution < -0.4 is 0 Å². The number of halogens is 5. The van der Waals surface area contributed by atoms with E-state index in [4.69, 9.17) is 0 Å². The molecule has 39 heavy (non-hydrogen) atoms. The fraction of sp³-hybridized carbons (Fsp3) is 0.517. The van der Waals surface area contributed by atoms with Gasteiger partial charge in [-0.3, -0.25) is 4.90 Å². The van der Waals surface area contributed by atoms with Gasteiger partial charge in [-0.1, -0.05) is 19.4 Å². The Bertz CT molecular complexity index is 1320. The number of hydrogen-bond donors (Lipinski definition) is 3. The lowest BCUT2D eigenvalue weighted by atomic mass is 9.85. The number of aliphatic hydroxyl groups is 2. The predicted octanol–water partition coefficient (Wildman–Crippen LogP) is 5.31. The van der Waals surface area contributed by atoms with Crippen LogP contribution in [0.2, 0.25) is 0 Å². The number of fused-ring (bicyclic) bond motifs is 3. The van der Waals surface area contributed by atoms with Gasteiger partial charge in [0.05, 0.1) is 18.7 Å². The smallest absolute Gasteiger partial charge is 0.283 e. The van der Waals surface area contributed by atoms with Gasteiger partial charge >= 0.3 is 0 Å². The van der Waals surface area contributed by atoms with E-state index in [-0.39, 0.29) is 29.0 Å². The minimum atomic E-state index is -3.53. The third kappa shape index (κ3) is 5.19. The fourth-order valence-electron chi connectivity index (χ4n) is 6.12. The lowest BCUT2D eigenvalue weighted by Gasteiger charge is -2.43. The highest BCUT2D eigenvalue weighted by Gasteiger charge is 2.44. The average Bonchev–Trinajstić information content (AvgIpc) is 3.23. The Morgan fingerprint density at radius 2 is 1.79 bits per heavy atom. The minimum Gasteiger partial charge on any atom is -0.390 e. The molecule has 1 saturated heterocycles. The van der Waals surface area contributed by atoms with Crippen LogP contribution in [0, 0.1) is 23.4 Å². The molecule has 1 fully saturated rings. The summed E-state index contributed by atoms with van der Waals surface area (Å²) in [6.45, 7) is 3.50. The van der Waals surface area contributed by atoms with Crippen LogP contribution in [0.15, 0.2) is 30.3 Å². The molecule has 2 aromatic carbocycles. The summed E-state index contributed by atoms with van der Waals surface area (Å²) in [4.78, 5) is 6.46. The first kappa shape index (κ1) is 28.0. The van der Waals surface area contributed by atoms with E-state index in [9.17, 15) is 23.4 Å². The topological polar surface area (TPSA) is 62.7 Å². The van der Waals surface area contributed by atoms with Crippen molar-refractivity contribution >= 4 is 10.9 Å². The highest BCUT2D eigenvalue weighted by atomic mass is 19.3. The number of nitrogens with one attached hydrogen (secondary N) is 1. The molecule has 3 aromatic rings. The fourth-order valence-corrected chi connectivity index (χ4v) is 6.12. The number of rotatable bonds is 9. The van der Waals surface area contributed by atoms with E-state index in [1.54, 1.807) is 13.0 Å². The third-order valence-electron chi connectivity index (χ3n) is 8.20. The summed E-state index contributed by atoms with van der Waals surface area (Å²) < 4.78 is 75.4. The van der Waals surface area contributed by atoms with Crippen LogP contribution in [-0.2, 0) is 6.42 Å². The number of unbranched alkanes of at least 4 members (excludes halogenated alkanes) is 1. The van der Waals surface area contributed by atoms with Gasteiger partial charge in [-0.2, -0.15) is 0 Å². The first-order valence-electron chi connectivity index (χ1n) is 13.5. The van der Waals surface area contributed by atoms with Gasteiger partial charge in [-0.25, -0.2) is 22.0 Å². The molecule has 3 N–H and O–H groups in total. The Morgan fingerprint density at radius 3 is 2.44 bits per heavy atom. The number of aromatic amines is 1. The van der Waals surface area contributed by atoms with Gasteiger partial charge in [-0.05, 0) is 61.7 Å². The van der Waals surface area contributed by atoms with Crippen LogP contribution in [0.5, 0.6) is 0 Å². The third-order valence-corrected chi connectivity index (χ3v) is 8.20. The molecule has 5 rings (SSSR count). The van der Waals surface area contributed by atoms with E-state index in [0.29, 0.717) is 24.2 Å². The molecule has 3 heterocycles. The first-order chi connectivity index (χ1) is 18.5. The SMILES string of the molecule is CCCCN1CC([C@@H](O)c2cc(F)c([C@@H]3c4[nH]c5cccc(F)c5c4C[C@@H](C)N3CC(F)(F)CO)c(F)c2)C1. The van der Waals surface area contributed by atoms with Crippen LogP contribution in [0.4, 0.5) is 22.0 Å². The molecule has 0 amide bonds. The second-order valence-corrected chi connectivity index (χ2v) is 11.0. The highest BCUT2D eigenvalue weighted by Crippen LogP contribution is 2.44. The molecule has 1 aromatic heterocycles. The highest BCUT2D eigenvalue weighted by molar-refractivity contribution is 5.86. The van der Waals surface area contributed by atoms with Gasteiger partial charge in [0.25, 0.3) is 5.92 Å². The summed E-state index contributed by atoms with van der Waals surface area (Å²) in [5, 5.41) is 20.4. The monoisotopic (exact) mass is 551 g/mol. The van der Waals surface area contributed by atoms with E-state index < -0.39 is 60.3 Å². The number of aliphatic hydroxyl groups excluding tert-OH is 2. The van der Waals surface area contributed by atoms with Gasteiger partial charge in [0.2, 0.25) is 0 Å². The van der Waals surface area contributed by atoms with Crippen LogP contribution in [0.25, 0.3) is 10.9 Å². The largest absolute Gasteiger partial charge is 0.390 e. The Kier molecular flexibility index (Phi) is 7.76. The molecule has 0 unspecified atom stereocenters. The van der Waals surface area contributed by atoms with E-state index in [1.165, 1.54) is 17.0 Å². The van der Waals surface area contributed by atoms with E-state index in [0.717, 1.165) is 31.5 Å². The van der Waals surface area contributed by atoms with Crippen LogP contribution >= 0.6 is 0 Å². The van der Waals surface area contributed by atoms with Crippen molar-refractivity contribution < 1.29 is 32.2 Å². The van der Waals surface area contributed by atoms with Crippen molar-refractivity contribution in [3.8, 4) is 0 Å². The molecule has 0 spiro atoms. The normalized spacial score (nSPS) is 21.8. The van der Waals surface area contributed by atoms with Crippen molar-refractivity contribution in [3.63, 3.8) is 0 Å². The summed E-state index contributed by atoms with van der Waals surface area (Å²) >= 11 is 0. The maximum atomic E-state index is 15.8. The Labute approximate surface area is 224 Å². The van der Waals surface area contributed by atoms with Gasteiger partial charge in [0, 0.05) is 47.2 Å². The Morgan fingerprint density at radius 1 is 1.10 bits per heavy atom. The number of H-pyrrole nitrogens is 1. The molecule has 5 nitrogen and oxygen atoms in total. The summed E-state index contributed by atoms with van der Waals surface area (Å²) in [6, 6.07) is 4.57. The predicted molar refractivity (Wildman–Crippen MR) is 138 cm³/mol. The zero-order valence-electron chi connectivity index (χ0n) is 22.0. The number of nitrogens with zero attached hydrogens (tertiary/aromatic N) is 2. The number of aromatic nitrogens is 1. The molecule has 0 radical (unpaired) electrons. The van der Waals surface area contributed by atoms with E-state index in [2.05, 4.69) is 16.8 Å². The molecule has 0 bridgehead atoms. The van der Waals surface area contributed by atoms with E-state index in [1.807, 2.05) is 0 Å². The van der Waals surface area contributed by atoms with Crippen molar-refractivity contribution in [2.24, 2.45) is 5.92 Å². The zero-order chi connectivity index (χ0) is 28.1. The first-order valence-corrected chi connectivity index (χ1v) is 13.5. The van der Waals surface area contributed by atoms with Crippen molar-refractivity contribution in [1.29, 1.82) is 0 Å². The van der Waals surface area contributed by atoms with Crippen LogP contribution in [0.1, 0.15) is 61.2 Å². The molecule has 0 saturated carbocycles. The Hall–Kier alpha value is -2.53. The van der Waals surface area contributed by atoms with Crippen LogP contribution in [0.3, 0.4) is 0 Å². The Balaban J connectivity index is 1.55. The molecule has 2 aliphatic heterocycles. The lowest BCUT2D eigenvalue weighted by Crippen LogP contribution is -2.50. The van der Waals surface area contributed by atoms with Crippen LogP contribution in [-0.4, -0.2) is 69.7 Å². The second-order valence-electron chi connectivity index (χ2n) is 11.0. The lowest BCUT2D eigenvalue weighted by molar-refractivity contribution is -0.0869. The van der Waals surface area contributed by atoms with Crippen molar-refractivity contribution in [1.82, 2.24) is 14.8 Å². The molecule has 3 atom stereocenters. The molecule has 0 aliphatic carbocycles.